The van der Waals surface area contributed by atoms with Crippen LogP contribution in [0.5, 0.6) is 0 Å². The lowest BCUT2D eigenvalue weighted by atomic mass is 9.48. The average molecular weight is 330 g/mol. The molecule has 0 aromatic heterocycles. The second-order valence-corrected chi connectivity index (χ2v) is 10.5. The van der Waals surface area contributed by atoms with E-state index in [4.69, 9.17) is 0 Å². The lowest BCUT2D eigenvalue weighted by molar-refractivity contribution is -0.0762. The molecule has 2 heteroatoms. The molecule has 2 N–H and O–H groups in total. The maximum atomic E-state index is 11.1. The van der Waals surface area contributed by atoms with Crippen LogP contribution >= 0.6 is 0 Å². The second-order valence-electron chi connectivity index (χ2n) is 10.5. The Bertz CT molecular complexity index is 566. The van der Waals surface area contributed by atoms with E-state index in [-0.39, 0.29) is 0 Å². The van der Waals surface area contributed by atoms with Gasteiger partial charge in [0, 0.05) is 12.5 Å². The first kappa shape index (κ1) is 15.9. The Balaban J connectivity index is 1.42. The first-order chi connectivity index (χ1) is 11.4. The summed E-state index contributed by atoms with van der Waals surface area (Å²) in [6.45, 7) is 5.13. The Morgan fingerprint density at radius 1 is 1.00 bits per heavy atom. The quantitative estimate of drug-likeness (QED) is 0.564. The fourth-order valence-electron chi connectivity index (χ4n) is 7.37. The van der Waals surface area contributed by atoms with E-state index in [9.17, 15) is 5.11 Å². The van der Waals surface area contributed by atoms with Gasteiger partial charge < -0.3 is 5.11 Å². The van der Waals surface area contributed by atoms with Gasteiger partial charge in [-0.05, 0) is 86.4 Å². The van der Waals surface area contributed by atoms with Crippen molar-refractivity contribution >= 4 is 0 Å². The van der Waals surface area contributed by atoms with Crippen molar-refractivity contribution in [1.29, 1.82) is 0 Å². The largest absolute Gasteiger partial charge is 0.376 e. The van der Waals surface area contributed by atoms with Crippen LogP contribution in [0.25, 0.3) is 0 Å². The zero-order valence-electron chi connectivity index (χ0n) is 15.6. The van der Waals surface area contributed by atoms with E-state index >= 15 is 0 Å². The van der Waals surface area contributed by atoms with E-state index in [0.29, 0.717) is 16.9 Å². The first-order valence-corrected chi connectivity index (χ1v) is 10.6. The number of fused-ring (bicyclic) bond motifs is 5. The van der Waals surface area contributed by atoms with Crippen LogP contribution in [0.4, 0.5) is 0 Å². The van der Waals surface area contributed by atoms with Crippen molar-refractivity contribution in [2.45, 2.75) is 96.2 Å². The van der Waals surface area contributed by atoms with Gasteiger partial charge in [-0.15, -0.1) is 0 Å². The summed E-state index contributed by atoms with van der Waals surface area (Å²) >= 11 is 0. The highest BCUT2D eigenvalue weighted by Gasteiger charge is 2.57. The third-order valence-electron chi connectivity index (χ3n) is 9.00. The van der Waals surface area contributed by atoms with Crippen LogP contribution in [-0.4, -0.2) is 16.9 Å². The van der Waals surface area contributed by atoms with Gasteiger partial charge in [-0.3, -0.25) is 5.32 Å². The van der Waals surface area contributed by atoms with Gasteiger partial charge in [0.25, 0.3) is 0 Å². The van der Waals surface area contributed by atoms with Crippen LogP contribution in [0.3, 0.4) is 0 Å². The molecule has 4 saturated carbocycles. The number of rotatable bonds is 2. The standard InChI is InChI=1S/C22H35NO/c1-20-10-3-4-18(20)17-8-5-15-14-22(24,23-16-6-7-16)13-12-21(15,2)19(17)9-11-20/h5,16-19,23-24H,3-4,6-14H2,1-2H3/t17-,18-,19-,20-,21-,22-/m0/s1. The molecule has 0 saturated heterocycles. The van der Waals surface area contributed by atoms with Crippen molar-refractivity contribution in [3.8, 4) is 0 Å². The van der Waals surface area contributed by atoms with E-state index < -0.39 is 5.72 Å². The number of hydrogen-bond acceptors (Lipinski definition) is 2. The summed E-state index contributed by atoms with van der Waals surface area (Å²) in [5, 5.41) is 14.6. The summed E-state index contributed by atoms with van der Waals surface area (Å²) in [7, 11) is 0. The Morgan fingerprint density at radius 2 is 1.83 bits per heavy atom. The van der Waals surface area contributed by atoms with E-state index in [1.54, 1.807) is 5.57 Å². The molecule has 0 aromatic rings. The lowest BCUT2D eigenvalue weighted by Crippen LogP contribution is -2.55. The van der Waals surface area contributed by atoms with Crippen molar-refractivity contribution < 1.29 is 5.11 Å². The maximum Gasteiger partial charge on any atom is 0.120 e. The van der Waals surface area contributed by atoms with Crippen LogP contribution in [0.1, 0.15) is 84.5 Å². The monoisotopic (exact) mass is 329 g/mol. The smallest absolute Gasteiger partial charge is 0.120 e. The van der Waals surface area contributed by atoms with Crippen LogP contribution in [0.2, 0.25) is 0 Å². The highest BCUT2D eigenvalue weighted by Crippen LogP contribution is 2.65. The molecule has 0 amide bonds. The normalized spacial score (nSPS) is 53.8. The fraction of sp³-hybridized carbons (Fsp3) is 0.909. The predicted molar refractivity (Wildman–Crippen MR) is 97.4 cm³/mol. The van der Waals surface area contributed by atoms with Crippen LogP contribution in [-0.2, 0) is 0 Å². The van der Waals surface area contributed by atoms with Crippen molar-refractivity contribution in [2.24, 2.45) is 28.6 Å². The Hall–Kier alpha value is -0.340. The molecule has 5 rings (SSSR count). The molecular weight excluding hydrogens is 294 g/mol. The molecule has 24 heavy (non-hydrogen) atoms. The molecule has 0 bridgehead atoms. The number of hydrogen-bond donors (Lipinski definition) is 2. The molecule has 0 aliphatic heterocycles. The highest BCUT2D eigenvalue weighted by atomic mass is 16.3. The minimum atomic E-state index is -0.615. The highest BCUT2D eigenvalue weighted by molar-refractivity contribution is 5.26. The SMILES string of the molecule is C[C@@]12CCC[C@H]1[C@@H]1CC=C3C[C@](O)(NC4CC4)CC[C@]3(C)[C@H]1CC2. The minimum Gasteiger partial charge on any atom is -0.376 e. The molecule has 5 aliphatic rings. The number of allylic oxidation sites excluding steroid dienone is 1. The minimum absolute atomic E-state index is 0.365. The number of nitrogens with one attached hydrogen (secondary N) is 1. The molecule has 0 radical (unpaired) electrons. The molecule has 134 valence electrons. The molecule has 4 fully saturated rings. The van der Waals surface area contributed by atoms with Crippen molar-refractivity contribution in [3.05, 3.63) is 11.6 Å². The molecule has 0 unspecified atom stereocenters. The molecule has 5 aliphatic carbocycles. The Morgan fingerprint density at radius 3 is 2.62 bits per heavy atom. The molecule has 0 heterocycles. The van der Waals surface area contributed by atoms with Crippen LogP contribution < -0.4 is 5.32 Å². The predicted octanol–water partition coefficient (Wildman–Crippen LogP) is 4.78. The van der Waals surface area contributed by atoms with Crippen LogP contribution in [0, 0.1) is 28.6 Å². The lowest BCUT2D eigenvalue weighted by Gasteiger charge is -2.58. The van der Waals surface area contributed by atoms with Gasteiger partial charge in [-0.25, -0.2) is 0 Å². The third-order valence-corrected chi connectivity index (χ3v) is 9.00. The van der Waals surface area contributed by atoms with Gasteiger partial charge in [-0.1, -0.05) is 31.9 Å². The van der Waals surface area contributed by atoms with Crippen molar-refractivity contribution in [1.82, 2.24) is 5.32 Å². The fourth-order valence-corrected chi connectivity index (χ4v) is 7.37. The molecule has 2 nitrogen and oxygen atoms in total. The molecule has 0 spiro atoms. The van der Waals surface area contributed by atoms with Gasteiger partial charge in [0.1, 0.15) is 5.72 Å². The summed E-state index contributed by atoms with van der Waals surface area (Å²) < 4.78 is 0. The Labute approximate surface area is 147 Å². The zero-order valence-corrected chi connectivity index (χ0v) is 15.6. The number of aliphatic hydroxyl groups is 1. The van der Waals surface area contributed by atoms with Gasteiger partial charge in [0.2, 0.25) is 0 Å². The van der Waals surface area contributed by atoms with Crippen molar-refractivity contribution in [3.63, 3.8) is 0 Å². The van der Waals surface area contributed by atoms with Gasteiger partial charge in [-0.2, -0.15) is 0 Å². The summed E-state index contributed by atoms with van der Waals surface area (Å²) in [5.74, 6) is 2.76. The van der Waals surface area contributed by atoms with E-state index in [1.165, 1.54) is 57.8 Å². The maximum absolute atomic E-state index is 11.1. The van der Waals surface area contributed by atoms with Crippen LogP contribution in [0.15, 0.2) is 11.6 Å². The van der Waals surface area contributed by atoms with E-state index in [1.807, 2.05) is 0 Å². The third kappa shape index (κ3) is 2.28. The zero-order chi connectivity index (χ0) is 16.6. The van der Waals surface area contributed by atoms with E-state index in [2.05, 4.69) is 25.2 Å². The van der Waals surface area contributed by atoms with Crippen molar-refractivity contribution in [2.75, 3.05) is 0 Å². The topological polar surface area (TPSA) is 32.3 Å². The summed E-state index contributed by atoms with van der Waals surface area (Å²) in [6, 6.07) is 0.588. The second kappa shape index (κ2) is 5.10. The Kier molecular flexibility index (Phi) is 3.37. The summed E-state index contributed by atoms with van der Waals surface area (Å²) in [4.78, 5) is 0. The summed E-state index contributed by atoms with van der Waals surface area (Å²) in [5.41, 5.74) is 1.98. The molecule has 6 atom stereocenters. The molecular formula is C22H35NO. The van der Waals surface area contributed by atoms with Gasteiger partial charge in [0.15, 0.2) is 0 Å². The van der Waals surface area contributed by atoms with Gasteiger partial charge in [0.05, 0.1) is 0 Å². The van der Waals surface area contributed by atoms with E-state index in [0.717, 1.165) is 30.6 Å². The molecule has 0 aromatic carbocycles. The summed E-state index contributed by atoms with van der Waals surface area (Å²) in [6.07, 6.45) is 16.7. The first-order valence-electron chi connectivity index (χ1n) is 10.6. The van der Waals surface area contributed by atoms with Gasteiger partial charge >= 0.3 is 0 Å². The average Bonchev–Trinajstić information content (AvgIpc) is 3.25.